The van der Waals surface area contributed by atoms with E-state index in [4.69, 9.17) is 5.73 Å². The number of nitrogen functional groups attached to an aromatic ring is 1. The minimum absolute atomic E-state index is 0.252. The topological polar surface area (TPSA) is 83.8 Å². The third-order valence-corrected chi connectivity index (χ3v) is 4.83. The number of anilines is 1. The standard InChI is InChI=1S/C18H20N6S/c1-4-24-10-13(8-21-24)14-6-16(22-18(20)15(14)7-19)17-5-12(11-25-17)9-23(2)3/h5-6,8,10-11H,4,9H2,1-3H3,(H2,20,22). The largest absolute Gasteiger partial charge is 0.383 e. The molecule has 7 heteroatoms. The number of rotatable bonds is 5. The molecule has 0 saturated carbocycles. The average Bonchev–Trinajstić information content (AvgIpc) is 3.22. The molecule has 0 saturated heterocycles. The number of hydrogen-bond acceptors (Lipinski definition) is 6. The summed E-state index contributed by atoms with van der Waals surface area (Å²) in [5.41, 5.74) is 10.1. The van der Waals surface area contributed by atoms with Gasteiger partial charge in [-0.25, -0.2) is 4.98 Å². The molecule has 3 heterocycles. The van der Waals surface area contributed by atoms with Crippen molar-refractivity contribution in [3.8, 4) is 27.8 Å². The van der Waals surface area contributed by atoms with Gasteiger partial charge in [-0.05, 0) is 44.1 Å². The van der Waals surface area contributed by atoms with Crippen LogP contribution in [0.25, 0.3) is 21.7 Å². The van der Waals surface area contributed by atoms with Crippen molar-refractivity contribution in [1.82, 2.24) is 19.7 Å². The van der Waals surface area contributed by atoms with E-state index < -0.39 is 0 Å². The first-order valence-corrected chi connectivity index (χ1v) is 8.85. The molecule has 6 nitrogen and oxygen atoms in total. The van der Waals surface area contributed by atoms with Crippen molar-refractivity contribution in [2.45, 2.75) is 20.0 Å². The van der Waals surface area contributed by atoms with Crippen LogP contribution in [0.3, 0.4) is 0 Å². The fraction of sp³-hybridized carbons (Fsp3) is 0.278. The maximum absolute atomic E-state index is 9.49. The fourth-order valence-corrected chi connectivity index (χ4v) is 3.54. The minimum Gasteiger partial charge on any atom is -0.383 e. The molecule has 25 heavy (non-hydrogen) atoms. The number of nitrogens with zero attached hydrogens (tertiary/aromatic N) is 5. The Morgan fingerprint density at radius 2 is 2.16 bits per heavy atom. The van der Waals surface area contributed by atoms with Crippen LogP contribution in [0.4, 0.5) is 5.82 Å². The highest BCUT2D eigenvalue weighted by atomic mass is 32.1. The Hall–Kier alpha value is -2.69. The molecule has 0 spiro atoms. The number of aryl methyl sites for hydroxylation is 1. The van der Waals surface area contributed by atoms with Crippen LogP contribution in [-0.2, 0) is 13.1 Å². The second-order valence-corrected chi connectivity index (χ2v) is 6.98. The van der Waals surface area contributed by atoms with E-state index in [0.29, 0.717) is 5.56 Å². The summed E-state index contributed by atoms with van der Waals surface area (Å²) in [6.45, 7) is 3.67. The Balaban J connectivity index is 2.07. The molecular formula is C18H20N6S. The monoisotopic (exact) mass is 352 g/mol. The third kappa shape index (κ3) is 3.55. The van der Waals surface area contributed by atoms with E-state index in [2.05, 4.69) is 32.5 Å². The van der Waals surface area contributed by atoms with E-state index in [0.717, 1.165) is 34.8 Å². The molecule has 0 aliphatic carbocycles. The molecule has 0 atom stereocenters. The second kappa shape index (κ2) is 7.05. The molecule has 2 N–H and O–H groups in total. The van der Waals surface area contributed by atoms with Crippen LogP contribution >= 0.6 is 11.3 Å². The number of pyridine rings is 1. The predicted molar refractivity (Wildman–Crippen MR) is 101 cm³/mol. The van der Waals surface area contributed by atoms with Gasteiger partial charge in [-0.1, -0.05) is 0 Å². The minimum atomic E-state index is 0.252. The van der Waals surface area contributed by atoms with E-state index in [1.54, 1.807) is 17.5 Å². The molecular weight excluding hydrogens is 332 g/mol. The number of nitriles is 1. The Labute approximate surface area is 151 Å². The van der Waals surface area contributed by atoms with Gasteiger partial charge in [0, 0.05) is 30.4 Å². The summed E-state index contributed by atoms with van der Waals surface area (Å²) in [4.78, 5) is 7.61. The van der Waals surface area contributed by atoms with Crippen molar-refractivity contribution < 1.29 is 0 Å². The molecule has 0 radical (unpaired) electrons. The first kappa shape index (κ1) is 17.1. The van der Waals surface area contributed by atoms with Crippen molar-refractivity contribution in [2.24, 2.45) is 0 Å². The molecule has 0 fully saturated rings. The van der Waals surface area contributed by atoms with Gasteiger partial charge < -0.3 is 10.6 Å². The van der Waals surface area contributed by atoms with Gasteiger partial charge in [0.1, 0.15) is 17.5 Å². The third-order valence-electron chi connectivity index (χ3n) is 3.83. The van der Waals surface area contributed by atoms with Gasteiger partial charge in [0.15, 0.2) is 0 Å². The zero-order chi connectivity index (χ0) is 18.0. The summed E-state index contributed by atoms with van der Waals surface area (Å²) >= 11 is 1.63. The second-order valence-electron chi connectivity index (χ2n) is 6.07. The van der Waals surface area contributed by atoms with Gasteiger partial charge in [-0.2, -0.15) is 10.4 Å². The van der Waals surface area contributed by atoms with E-state index in [-0.39, 0.29) is 5.82 Å². The number of aromatic nitrogens is 3. The van der Waals surface area contributed by atoms with E-state index in [9.17, 15) is 5.26 Å². The molecule has 0 bridgehead atoms. The van der Waals surface area contributed by atoms with Gasteiger partial charge in [-0.3, -0.25) is 4.68 Å². The van der Waals surface area contributed by atoms with Crippen molar-refractivity contribution in [3.05, 3.63) is 41.0 Å². The Kier molecular flexibility index (Phi) is 4.83. The lowest BCUT2D eigenvalue weighted by Gasteiger charge is -2.08. The van der Waals surface area contributed by atoms with Gasteiger partial charge in [0.2, 0.25) is 0 Å². The molecule has 0 amide bonds. The van der Waals surface area contributed by atoms with Gasteiger partial charge in [0.05, 0.1) is 16.8 Å². The zero-order valence-corrected chi connectivity index (χ0v) is 15.3. The summed E-state index contributed by atoms with van der Waals surface area (Å²) in [6.07, 6.45) is 3.68. The van der Waals surface area contributed by atoms with E-state index in [1.165, 1.54) is 5.56 Å². The number of thiophene rings is 1. The maximum Gasteiger partial charge on any atom is 0.142 e. The molecule has 0 unspecified atom stereocenters. The summed E-state index contributed by atoms with van der Waals surface area (Å²) in [7, 11) is 4.08. The van der Waals surface area contributed by atoms with Crippen LogP contribution in [0.2, 0.25) is 0 Å². The van der Waals surface area contributed by atoms with E-state index in [1.807, 2.05) is 38.0 Å². The van der Waals surface area contributed by atoms with Gasteiger partial charge in [0.25, 0.3) is 0 Å². The molecule has 128 valence electrons. The van der Waals surface area contributed by atoms with Crippen LogP contribution in [0, 0.1) is 11.3 Å². The first-order valence-electron chi connectivity index (χ1n) is 7.97. The lowest BCUT2D eigenvalue weighted by atomic mass is 10.0. The van der Waals surface area contributed by atoms with Crippen molar-refractivity contribution in [2.75, 3.05) is 19.8 Å². The molecule has 0 aromatic carbocycles. The zero-order valence-electron chi connectivity index (χ0n) is 14.5. The van der Waals surface area contributed by atoms with Crippen molar-refractivity contribution in [1.29, 1.82) is 5.26 Å². The average molecular weight is 352 g/mol. The molecule has 0 aliphatic rings. The molecule has 0 aliphatic heterocycles. The fourth-order valence-electron chi connectivity index (χ4n) is 2.67. The number of hydrogen-bond donors (Lipinski definition) is 1. The quantitative estimate of drug-likeness (QED) is 0.762. The predicted octanol–water partition coefficient (Wildman–Crippen LogP) is 3.21. The van der Waals surface area contributed by atoms with Crippen LogP contribution in [0.1, 0.15) is 18.1 Å². The summed E-state index contributed by atoms with van der Waals surface area (Å²) in [5, 5.41) is 15.9. The highest BCUT2D eigenvalue weighted by molar-refractivity contribution is 7.13. The maximum atomic E-state index is 9.49. The smallest absolute Gasteiger partial charge is 0.142 e. The van der Waals surface area contributed by atoms with Crippen molar-refractivity contribution in [3.63, 3.8) is 0 Å². The molecule has 3 rings (SSSR count). The van der Waals surface area contributed by atoms with E-state index >= 15 is 0 Å². The highest BCUT2D eigenvalue weighted by Gasteiger charge is 2.15. The Morgan fingerprint density at radius 3 is 2.80 bits per heavy atom. The lowest BCUT2D eigenvalue weighted by molar-refractivity contribution is 0.403. The molecule has 3 aromatic heterocycles. The summed E-state index contributed by atoms with van der Waals surface area (Å²) in [5.74, 6) is 0.252. The number of nitrogens with two attached hydrogens (primary N) is 1. The van der Waals surface area contributed by atoms with Crippen LogP contribution in [0.5, 0.6) is 0 Å². The summed E-state index contributed by atoms with van der Waals surface area (Å²) < 4.78 is 1.83. The van der Waals surface area contributed by atoms with Crippen LogP contribution < -0.4 is 5.73 Å². The molecule has 3 aromatic rings. The van der Waals surface area contributed by atoms with Crippen LogP contribution in [0.15, 0.2) is 29.9 Å². The van der Waals surface area contributed by atoms with Gasteiger partial charge in [-0.15, -0.1) is 11.3 Å². The first-order chi connectivity index (χ1) is 12.0. The van der Waals surface area contributed by atoms with Crippen LogP contribution in [-0.4, -0.2) is 33.8 Å². The lowest BCUT2D eigenvalue weighted by Crippen LogP contribution is -2.09. The van der Waals surface area contributed by atoms with Gasteiger partial charge >= 0.3 is 0 Å². The Morgan fingerprint density at radius 1 is 1.36 bits per heavy atom. The summed E-state index contributed by atoms with van der Waals surface area (Å²) in [6, 6.07) is 6.22. The van der Waals surface area contributed by atoms with Crippen molar-refractivity contribution >= 4 is 17.2 Å². The normalized spacial score (nSPS) is 11.0. The SMILES string of the molecule is CCn1cc(-c2cc(-c3cc(CN(C)C)cs3)nc(N)c2C#N)cn1. The highest BCUT2D eigenvalue weighted by Crippen LogP contribution is 2.33. The Bertz CT molecular complexity index is 931.